The Morgan fingerprint density at radius 3 is 2.67 bits per heavy atom. The lowest BCUT2D eigenvalue weighted by Gasteiger charge is -2.30. The van der Waals surface area contributed by atoms with Gasteiger partial charge >= 0.3 is 0 Å². The second-order valence-electron chi connectivity index (χ2n) is 6.25. The van der Waals surface area contributed by atoms with Crippen molar-refractivity contribution in [2.45, 2.75) is 19.3 Å². The van der Waals surface area contributed by atoms with Crippen molar-refractivity contribution in [2.75, 3.05) is 39.3 Å². The topological polar surface area (TPSA) is 43.8 Å². The van der Waals surface area contributed by atoms with Crippen LogP contribution in [-0.2, 0) is 0 Å². The van der Waals surface area contributed by atoms with E-state index in [9.17, 15) is 9.90 Å². The first-order valence-electron chi connectivity index (χ1n) is 7.94. The second-order valence-corrected chi connectivity index (χ2v) is 7.20. The molecule has 0 bridgehead atoms. The number of carbonyl (C=O) groups excluding carboxylic acids is 1. The molecule has 0 spiro atoms. The first kappa shape index (κ1) is 15.0. The number of nitrogens with zero attached hydrogens (tertiary/aromatic N) is 2. The quantitative estimate of drug-likeness (QED) is 0.924. The molecule has 0 saturated carbocycles. The average molecular weight is 308 g/mol. The van der Waals surface area contributed by atoms with Crippen molar-refractivity contribution in [1.82, 2.24) is 9.80 Å². The minimum absolute atomic E-state index is 0.129. The van der Waals surface area contributed by atoms with Gasteiger partial charge in [-0.15, -0.1) is 11.3 Å². The average Bonchev–Trinajstić information content (AvgIpc) is 3.17. The molecular weight excluding hydrogens is 284 g/mol. The van der Waals surface area contributed by atoms with E-state index in [1.807, 2.05) is 22.4 Å². The van der Waals surface area contributed by atoms with E-state index in [0.29, 0.717) is 12.5 Å². The number of thiophene rings is 1. The van der Waals surface area contributed by atoms with E-state index in [4.69, 9.17) is 0 Å². The minimum Gasteiger partial charge on any atom is -0.396 e. The fraction of sp³-hybridized carbons (Fsp3) is 0.688. The van der Waals surface area contributed by atoms with Crippen molar-refractivity contribution in [1.29, 1.82) is 0 Å². The fourth-order valence-electron chi connectivity index (χ4n) is 3.55. The third kappa shape index (κ3) is 3.47. The van der Waals surface area contributed by atoms with Gasteiger partial charge in [-0.1, -0.05) is 12.5 Å². The van der Waals surface area contributed by atoms with E-state index in [0.717, 1.165) is 18.0 Å². The number of amides is 1. The van der Waals surface area contributed by atoms with Crippen molar-refractivity contribution in [3.05, 3.63) is 22.4 Å². The van der Waals surface area contributed by atoms with Gasteiger partial charge in [-0.3, -0.25) is 4.79 Å². The number of carbonyl (C=O) groups is 1. The summed E-state index contributed by atoms with van der Waals surface area (Å²) in [5.41, 5.74) is 0. The van der Waals surface area contributed by atoms with Gasteiger partial charge in [0.05, 0.1) is 4.88 Å². The largest absolute Gasteiger partial charge is 0.396 e. The normalized spacial score (nSPS) is 27.2. The molecule has 3 rings (SSSR count). The van der Waals surface area contributed by atoms with Crippen LogP contribution in [0.2, 0.25) is 0 Å². The second kappa shape index (κ2) is 6.90. The molecule has 116 valence electrons. The number of aliphatic hydroxyl groups is 1. The summed E-state index contributed by atoms with van der Waals surface area (Å²) in [5, 5.41) is 11.6. The molecule has 21 heavy (non-hydrogen) atoms. The van der Waals surface area contributed by atoms with Crippen LogP contribution in [0.3, 0.4) is 0 Å². The number of rotatable bonds is 4. The van der Waals surface area contributed by atoms with Crippen molar-refractivity contribution >= 4 is 17.2 Å². The molecule has 1 aromatic rings. The van der Waals surface area contributed by atoms with Gasteiger partial charge in [0, 0.05) is 32.2 Å². The van der Waals surface area contributed by atoms with Crippen LogP contribution in [0, 0.1) is 11.8 Å². The maximum Gasteiger partial charge on any atom is 0.263 e. The summed E-state index contributed by atoms with van der Waals surface area (Å²) in [6.45, 7) is 5.05. The van der Waals surface area contributed by atoms with Gasteiger partial charge in [0.15, 0.2) is 0 Å². The van der Waals surface area contributed by atoms with E-state index >= 15 is 0 Å². The molecule has 2 aliphatic heterocycles. The number of aliphatic hydroxyl groups excluding tert-OH is 1. The predicted octanol–water partition coefficient (Wildman–Crippen LogP) is 1.91. The van der Waals surface area contributed by atoms with Gasteiger partial charge in [-0.25, -0.2) is 0 Å². The van der Waals surface area contributed by atoms with E-state index in [-0.39, 0.29) is 18.4 Å². The zero-order chi connectivity index (χ0) is 14.7. The summed E-state index contributed by atoms with van der Waals surface area (Å²) in [6, 6.07) is 3.81. The molecule has 0 aromatic carbocycles. The summed E-state index contributed by atoms with van der Waals surface area (Å²) in [6.07, 6.45) is 3.91. The highest BCUT2D eigenvalue weighted by Gasteiger charge is 2.36. The molecule has 2 saturated heterocycles. The molecule has 2 atom stereocenters. The monoisotopic (exact) mass is 308 g/mol. The molecule has 5 heteroatoms. The number of hydrogen-bond acceptors (Lipinski definition) is 4. The lowest BCUT2D eigenvalue weighted by atomic mass is 9.95. The van der Waals surface area contributed by atoms with Crippen LogP contribution in [0.15, 0.2) is 17.5 Å². The Balaban J connectivity index is 1.61. The summed E-state index contributed by atoms with van der Waals surface area (Å²) in [4.78, 5) is 17.7. The van der Waals surface area contributed by atoms with Gasteiger partial charge in [-0.05, 0) is 43.3 Å². The third-order valence-electron chi connectivity index (χ3n) is 4.77. The Labute approximate surface area is 130 Å². The molecule has 0 aliphatic carbocycles. The number of piperidine rings is 1. The van der Waals surface area contributed by atoms with Gasteiger partial charge in [0.2, 0.25) is 0 Å². The Morgan fingerprint density at radius 1 is 1.24 bits per heavy atom. The Hall–Kier alpha value is -0.910. The zero-order valence-electron chi connectivity index (χ0n) is 12.4. The van der Waals surface area contributed by atoms with E-state index in [2.05, 4.69) is 4.90 Å². The maximum atomic E-state index is 12.4. The maximum absolute atomic E-state index is 12.4. The standard InChI is InChI=1S/C16H24N2O2S/c19-12-14-11-18(16(20)15-5-4-8-21-15)10-13(14)9-17-6-2-1-3-7-17/h4-5,8,13-14,19H,1-3,6-7,9-12H2. The first-order valence-corrected chi connectivity index (χ1v) is 8.82. The summed E-state index contributed by atoms with van der Waals surface area (Å²) < 4.78 is 0. The molecule has 1 N–H and O–H groups in total. The SMILES string of the molecule is O=C(c1cccs1)N1CC(CO)C(CN2CCCCC2)C1. The fourth-order valence-corrected chi connectivity index (χ4v) is 4.24. The highest BCUT2D eigenvalue weighted by molar-refractivity contribution is 7.12. The Morgan fingerprint density at radius 2 is 2.00 bits per heavy atom. The highest BCUT2D eigenvalue weighted by atomic mass is 32.1. The number of likely N-dealkylation sites (tertiary alicyclic amines) is 2. The molecule has 1 amide bonds. The summed E-state index contributed by atoms with van der Waals surface area (Å²) in [7, 11) is 0. The first-order chi connectivity index (χ1) is 10.3. The van der Waals surface area contributed by atoms with E-state index < -0.39 is 0 Å². The van der Waals surface area contributed by atoms with Gasteiger partial charge in [0.1, 0.15) is 0 Å². The molecule has 4 nitrogen and oxygen atoms in total. The van der Waals surface area contributed by atoms with Crippen molar-refractivity contribution in [3.63, 3.8) is 0 Å². The molecule has 2 fully saturated rings. The zero-order valence-corrected chi connectivity index (χ0v) is 13.2. The van der Waals surface area contributed by atoms with Crippen LogP contribution >= 0.6 is 11.3 Å². The summed E-state index contributed by atoms with van der Waals surface area (Å²) in [5.74, 6) is 0.775. The number of hydrogen-bond donors (Lipinski definition) is 1. The van der Waals surface area contributed by atoms with Gasteiger partial charge in [-0.2, -0.15) is 0 Å². The van der Waals surface area contributed by atoms with Crippen LogP contribution in [-0.4, -0.2) is 60.1 Å². The van der Waals surface area contributed by atoms with Crippen LogP contribution in [0.1, 0.15) is 28.9 Å². The van der Waals surface area contributed by atoms with Crippen molar-refractivity contribution in [2.24, 2.45) is 11.8 Å². The molecule has 2 aliphatic rings. The van der Waals surface area contributed by atoms with Crippen LogP contribution < -0.4 is 0 Å². The lowest BCUT2D eigenvalue weighted by Crippen LogP contribution is -2.37. The van der Waals surface area contributed by atoms with Gasteiger partial charge < -0.3 is 14.9 Å². The molecule has 2 unspecified atom stereocenters. The molecule has 1 aromatic heterocycles. The molecule has 0 radical (unpaired) electrons. The van der Waals surface area contributed by atoms with E-state index in [1.54, 1.807) is 0 Å². The Kier molecular flexibility index (Phi) is 4.93. The lowest BCUT2D eigenvalue weighted by molar-refractivity contribution is 0.0783. The minimum atomic E-state index is 0.129. The van der Waals surface area contributed by atoms with Crippen LogP contribution in [0.4, 0.5) is 0 Å². The summed E-state index contributed by atoms with van der Waals surface area (Å²) >= 11 is 1.50. The predicted molar refractivity (Wildman–Crippen MR) is 84.6 cm³/mol. The molecular formula is C16H24N2O2S. The Bertz CT molecular complexity index is 457. The smallest absolute Gasteiger partial charge is 0.263 e. The van der Waals surface area contributed by atoms with E-state index in [1.165, 1.54) is 43.7 Å². The van der Waals surface area contributed by atoms with Crippen molar-refractivity contribution < 1.29 is 9.90 Å². The van der Waals surface area contributed by atoms with Gasteiger partial charge in [0.25, 0.3) is 5.91 Å². The highest BCUT2D eigenvalue weighted by Crippen LogP contribution is 2.27. The molecule has 3 heterocycles. The van der Waals surface area contributed by atoms with Crippen LogP contribution in [0.5, 0.6) is 0 Å². The third-order valence-corrected chi connectivity index (χ3v) is 5.63. The van der Waals surface area contributed by atoms with Crippen LogP contribution in [0.25, 0.3) is 0 Å². The van der Waals surface area contributed by atoms with Crippen molar-refractivity contribution in [3.8, 4) is 0 Å².